The van der Waals surface area contributed by atoms with E-state index in [0.717, 1.165) is 25.5 Å². The van der Waals surface area contributed by atoms with Crippen LogP contribution in [0.1, 0.15) is 12.5 Å². The Hall–Kier alpha value is -2.15. The van der Waals surface area contributed by atoms with Crippen LogP contribution in [0.25, 0.3) is 0 Å². The monoisotopic (exact) mass is 270 g/mol. The van der Waals surface area contributed by atoms with Crippen molar-refractivity contribution < 1.29 is 0 Å². The van der Waals surface area contributed by atoms with Gasteiger partial charge < -0.3 is 15.5 Å². The summed E-state index contributed by atoms with van der Waals surface area (Å²) in [6.07, 6.45) is 6.35. The lowest BCUT2D eigenvalue weighted by atomic mass is 10.1. The Labute approximate surface area is 121 Å². The van der Waals surface area contributed by atoms with Crippen LogP contribution in [0.2, 0.25) is 0 Å². The molecule has 1 aliphatic heterocycles. The number of para-hydroxylation sites is 1. The van der Waals surface area contributed by atoms with Crippen LogP contribution >= 0.6 is 0 Å². The molecule has 1 aromatic carbocycles. The summed E-state index contributed by atoms with van der Waals surface area (Å²) in [6.45, 7) is 4.55. The zero-order chi connectivity index (χ0) is 14.4. The minimum Gasteiger partial charge on any atom is -0.367 e. The molecule has 2 rings (SSSR count). The normalized spacial score (nSPS) is 17.6. The van der Waals surface area contributed by atoms with Crippen LogP contribution in [-0.2, 0) is 6.42 Å². The first-order valence-electron chi connectivity index (χ1n) is 6.98. The Balaban J connectivity index is 1.87. The fraction of sp³-hybridized carbons (Fsp3) is 0.438. The molecule has 0 spiro atoms. The van der Waals surface area contributed by atoms with Gasteiger partial charge in [0.1, 0.15) is 0 Å². The van der Waals surface area contributed by atoms with E-state index >= 15 is 0 Å². The van der Waals surface area contributed by atoms with Crippen molar-refractivity contribution in [1.82, 2.24) is 10.6 Å². The van der Waals surface area contributed by atoms with Crippen LogP contribution in [0.3, 0.4) is 0 Å². The lowest BCUT2D eigenvalue weighted by Crippen LogP contribution is -2.42. The third-order valence-electron chi connectivity index (χ3n) is 3.58. The summed E-state index contributed by atoms with van der Waals surface area (Å²) in [5.41, 5.74) is 2.79. The molecule has 0 aliphatic carbocycles. The van der Waals surface area contributed by atoms with Crippen molar-refractivity contribution >= 4 is 11.6 Å². The minimum absolute atomic E-state index is 0.489. The second kappa shape index (κ2) is 6.85. The number of terminal acetylenes is 1. The number of benzene rings is 1. The van der Waals surface area contributed by atoms with E-state index < -0.39 is 0 Å². The van der Waals surface area contributed by atoms with E-state index in [0.29, 0.717) is 12.6 Å². The summed E-state index contributed by atoms with van der Waals surface area (Å²) in [5, 5.41) is 6.34. The van der Waals surface area contributed by atoms with Crippen molar-refractivity contribution in [2.45, 2.75) is 19.4 Å². The smallest absolute Gasteiger partial charge is 0.191 e. The van der Waals surface area contributed by atoms with Crippen molar-refractivity contribution in [3.8, 4) is 12.3 Å². The molecule has 1 atom stereocenters. The van der Waals surface area contributed by atoms with Crippen LogP contribution in [-0.4, -0.2) is 38.7 Å². The quantitative estimate of drug-likeness (QED) is 0.491. The first-order chi connectivity index (χ1) is 9.76. The Morgan fingerprint density at radius 2 is 2.25 bits per heavy atom. The van der Waals surface area contributed by atoms with Gasteiger partial charge in [0.2, 0.25) is 0 Å². The van der Waals surface area contributed by atoms with Gasteiger partial charge in [0.15, 0.2) is 5.96 Å². The van der Waals surface area contributed by atoms with Crippen LogP contribution < -0.4 is 15.5 Å². The van der Waals surface area contributed by atoms with E-state index in [1.165, 1.54) is 11.3 Å². The molecule has 0 aromatic heterocycles. The van der Waals surface area contributed by atoms with Gasteiger partial charge in [-0.05, 0) is 25.0 Å². The van der Waals surface area contributed by atoms with Crippen molar-refractivity contribution in [3.63, 3.8) is 0 Å². The van der Waals surface area contributed by atoms with Gasteiger partial charge in [0, 0.05) is 31.9 Å². The first-order valence-corrected chi connectivity index (χ1v) is 6.98. The minimum atomic E-state index is 0.489. The molecule has 2 N–H and O–H groups in total. The summed E-state index contributed by atoms with van der Waals surface area (Å²) in [5.74, 6) is 3.29. The highest BCUT2D eigenvalue weighted by Gasteiger charge is 2.24. The molecule has 1 unspecified atom stereocenters. The van der Waals surface area contributed by atoms with Gasteiger partial charge in [0.25, 0.3) is 0 Å². The SMILES string of the molecule is C#CCNC(=NC)NCCN1c2ccccc2CC1C. The lowest BCUT2D eigenvalue weighted by Gasteiger charge is -2.25. The van der Waals surface area contributed by atoms with Gasteiger partial charge in [-0.15, -0.1) is 6.42 Å². The summed E-state index contributed by atoms with van der Waals surface area (Å²) in [6, 6.07) is 9.18. The number of aliphatic imine (C=N–C) groups is 1. The largest absolute Gasteiger partial charge is 0.367 e. The Morgan fingerprint density at radius 3 is 3.00 bits per heavy atom. The molecule has 0 radical (unpaired) electrons. The van der Waals surface area contributed by atoms with Crippen molar-refractivity contribution in [2.24, 2.45) is 4.99 Å². The van der Waals surface area contributed by atoms with Gasteiger partial charge >= 0.3 is 0 Å². The third kappa shape index (κ3) is 3.24. The molecule has 0 bridgehead atoms. The highest BCUT2D eigenvalue weighted by Crippen LogP contribution is 2.30. The lowest BCUT2D eigenvalue weighted by molar-refractivity contribution is 0.658. The zero-order valence-corrected chi connectivity index (χ0v) is 12.2. The Bertz CT molecular complexity index is 515. The first kappa shape index (κ1) is 14.3. The molecule has 20 heavy (non-hydrogen) atoms. The number of guanidine groups is 1. The molecule has 0 amide bonds. The highest BCUT2D eigenvalue weighted by atomic mass is 15.2. The van der Waals surface area contributed by atoms with Gasteiger partial charge in [-0.2, -0.15) is 0 Å². The van der Waals surface area contributed by atoms with Crippen LogP contribution in [0.4, 0.5) is 5.69 Å². The topological polar surface area (TPSA) is 39.7 Å². The highest BCUT2D eigenvalue weighted by molar-refractivity contribution is 5.79. The number of fused-ring (bicyclic) bond motifs is 1. The van der Waals surface area contributed by atoms with E-state index in [2.05, 4.69) is 57.6 Å². The number of nitrogens with zero attached hydrogens (tertiary/aromatic N) is 2. The maximum atomic E-state index is 5.23. The fourth-order valence-electron chi connectivity index (χ4n) is 2.62. The van der Waals surface area contributed by atoms with Gasteiger partial charge in [-0.3, -0.25) is 4.99 Å². The summed E-state index contributed by atoms with van der Waals surface area (Å²) in [7, 11) is 1.75. The van der Waals surface area contributed by atoms with Crippen molar-refractivity contribution in [3.05, 3.63) is 29.8 Å². The molecule has 4 heteroatoms. The molecular weight excluding hydrogens is 248 g/mol. The molecular formula is C16H22N4. The number of hydrogen-bond acceptors (Lipinski definition) is 2. The number of hydrogen-bond donors (Lipinski definition) is 2. The Morgan fingerprint density at radius 1 is 1.45 bits per heavy atom. The van der Waals surface area contributed by atoms with Gasteiger partial charge in [0.05, 0.1) is 6.54 Å². The van der Waals surface area contributed by atoms with E-state index in [1.807, 2.05) is 0 Å². The van der Waals surface area contributed by atoms with Gasteiger partial charge in [-0.1, -0.05) is 24.1 Å². The maximum absolute atomic E-state index is 5.23. The van der Waals surface area contributed by atoms with E-state index in [-0.39, 0.29) is 0 Å². The van der Waals surface area contributed by atoms with E-state index in [4.69, 9.17) is 6.42 Å². The molecule has 0 fully saturated rings. The molecule has 1 aliphatic rings. The number of nitrogens with one attached hydrogen (secondary N) is 2. The standard InChI is InChI=1S/C16H22N4/c1-4-9-18-16(17-3)19-10-11-20-13(2)12-14-7-5-6-8-15(14)20/h1,5-8,13H,9-12H2,2-3H3,(H2,17,18,19). The molecule has 0 saturated heterocycles. The molecule has 4 nitrogen and oxygen atoms in total. The van der Waals surface area contributed by atoms with E-state index in [1.54, 1.807) is 7.05 Å². The molecule has 1 aromatic rings. The average Bonchev–Trinajstić information content (AvgIpc) is 2.78. The molecule has 106 valence electrons. The predicted molar refractivity (Wildman–Crippen MR) is 85.2 cm³/mol. The van der Waals surface area contributed by atoms with Crippen LogP contribution in [0.15, 0.2) is 29.3 Å². The second-order valence-corrected chi connectivity index (χ2v) is 4.93. The van der Waals surface area contributed by atoms with Crippen LogP contribution in [0.5, 0.6) is 0 Å². The maximum Gasteiger partial charge on any atom is 0.191 e. The average molecular weight is 270 g/mol. The fourth-order valence-corrected chi connectivity index (χ4v) is 2.62. The number of anilines is 1. The third-order valence-corrected chi connectivity index (χ3v) is 3.58. The van der Waals surface area contributed by atoms with Crippen molar-refractivity contribution in [1.29, 1.82) is 0 Å². The van der Waals surface area contributed by atoms with Crippen molar-refractivity contribution in [2.75, 3.05) is 31.6 Å². The van der Waals surface area contributed by atoms with E-state index in [9.17, 15) is 0 Å². The van der Waals surface area contributed by atoms with Gasteiger partial charge in [-0.25, -0.2) is 0 Å². The van der Waals surface area contributed by atoms with Crippen LogP contribution in [0, 0.1) is 12.3 Å². The second-order valence-electron chi connectivity index (χ2n) is 4.93. The Kier molecular flexibility index (Phi) is 4.89. The molecule has 1 heterocycles. The zero-order valence-electron chi connectivity index (χ0n) is 12.2. The predicted octanol–water partition coefficient (Wildman–Crippen LogP) is 1.24. The summed E-state index contributed by atoms with van der Waals surface area (Å²) >= 11 is 0. The number of rotatable bonds is 4. The molecule has 0 saturated carbocycles. The summed E-state index contributed by atoms with van der Waals surface area (Å²) in [4.78, 5) is 6.57. The summed E-state index contributed by atoms with van der Waals surface area (Å²) < 4.78 is 0.